The predicted octanol–water partition coefficient (Wildman–Crippen LogP) is 0.755. The Morgan fingerprint density at radius 1 is 1.40 bits per heavy atom. The summed E-state index contributed by atoms with van der Waals surface area (Å²) in [5.41, 5.74) is 0. The van der Waals surface area contributed by atoms with Gasteiger partial charge < -0.3 is 10.4 Å². The van der Waals surface area contributed by atoms with Gasteiger partial charge in [0, 0.05) is 6.04 Å². The topological polar surface area (TPSA) is 32.3 Å². The zero-order valence-electron chi connectivity index (χ0n) is 6.80. The van der Waals surface area contributed by atoms with Crippen molar-refractivity contribution in [3.63, 3.8) is 0 Å². The first kappa shape index (κ1) is 8.02. The summed E-state index contributed by atoms with van der Waals surface area (Å²) in [6.07, 6.45) is 3.23. The van der Waals surface area contributed by atoms with Crippen LogP contribution in [-0.4, -0.2) is 24.3 Å². The fraction of sp³-hybridized carbons (Fsp3) is 1.00. The normalized spacial score (nSPS) is 41.7. The molecule has 10 heavy (non-hydrogen) atoms. The number of rotatable bonds is 1. The quantitative estimate of drug-likeness (QED) is 0.568. The molecule has 1 aliphatic rings. The van der Waals surface area contributed by atoms with E-state index < -0.39 is 0 Å². The second-order valence-electron chi connectivity index (χ2n) is 3.34. The van der Waals surface area contributed by atoms with Crippen LogP contribution in [0, 0.1) is 5.92 Å². The van der Waals surface area contributed by atoms with E-state index in [1.165, 1.54) is 6.42 Å². The Morgan fingerprint density at radius 2 is 2.10 bits per heavy atom. The molecule has 0 aromatic rings. The highest BCUT2D eigenvalue weighted by molar-refractivity contribution is 4.80. The van der Waals surface area contributed by atoms with Gasteiger partial charge >= 0.3 is 0 Å². The molecule has 0 aromatic heterocycles. The Kier molecular flexibility index (Phi) is 2.69. The number of nitrogens with one attached hydrogen (secondary N) is 1. The average molecular weight is 143 g/mol. The van der Waals surface area contributed by atoms with Gasteiger partial charge in [0.15, 0.2) is 0 Å². The second-order valence-corrected chi connectivity index (χ2v) is 3.34. The van der Waals surface area contributed by atoms with Crippen molar-refractivity contribution in [2.24, 2.45) is 5.92 Å². The highest BCUT2D eigenvalue weighted by atomic mass is 16.3. The Hall–Kier alpha value is -0.0800. The predicted molar refractivity (Wildman–Crippen MR) is 41.9 cm³/mol. The monoisotopic (exact) mass is 143 g/mol. The van der Waals surface area contributed by atoms with Gasteiger partial charge in [0.1, 0.15) is 0 Å². The number of hydrogen-bond acceptors (Lipinski definition) is 2. The Bertz CT molecular complexity index is 105. The Balaban J connectivity index is 2.33. The minimum absolute atomic E-state index is 0.0776. The third-order valence-corrected chi connectivity index (χ3v) is 2.56. The maximum atomic E-state index is 9.44. The summed E-state index contributed by atoms with van der Waals surface area (Å²) >= 11 is 0. The molecule has 2 heteroatoms. The molecule has 0 bridgehead atoms. The van der Waals surface area contributed by atoms with Crippen LogP contribution < -0.4 is 5.32 Å². The van der Waals surface area contributed by atoms with Crippen molar-refractivity contribution in [1.29, 1.82) is 0 Å². The smallest absolute Gasteiger partial charge is 0.0580 e. The van der Waals surface area contributed by atoms with E-state index in [2.05, 4.69) is 12.2 Å². The van der Waals surface area contributed by atoms with Crippen LogP contribution in [0.5, 0.6) is 0 Å². The summed E-state index contributed by atoms with van der Waals surface area (Å²) in [5, 5.41) is 12.6. The van der Waals surface area contributed by atoms with Gasteiger partial charge in [-0.15, -0.1) is 0 Å². The molecule has 0 aliphatic heterocycles. The van der Waals surface area contributed by atoms with Gasteiger partial charge in [-0.25, -0.2) is 0 Å². The summed E-state index contributed by atoms with van der Waals surface area (Å²) < 4.78 is 0. The molecule has 0 aromatic carbocycles. The summed E-state index contributed by atoms with van der Waals surface area (Å²) in [5.74, 6) is 0.504. The van der Waals surface area contributed by atoms with Crippen molar-refractivity contribution in [1.82, 2.24) is 5.32 Å². The van der Waals surface area contributed by atoms with E-state index >= 15 is 0 Å². The molecule has 3 atom stereocenters. The lowest BCUT2D eigenvalue weighted by Crippen LogP contribution is -2.37. The molecule has 0 radical (unpaired) electrons. The average Bonchev–Trinajstić information content (AvgIpc) is 1.95. The molecule has 0 unspecified atom stereocenters. The summed E-state index contributed by atoms with van der Waals surface area (Å²) in [4.78, 5) is 0. The zero-order chi connectivity index (χ0) is 7.56. The van der Waals surface area contributed by atoms with Crippen molar-refractivity contribution in [2.45, 2.75) is 38.3 Å². The molecule has 60 valence electrons. The van der Waals surface area contributed by atoms with E-state index in [0.717, 1.165) is 12.8 Å². The van der Waals surface area contributed by atoms with Crippen LogP contribution in [0.3, 0.4) is 0 Å². The Labute approximate surface area is 62.6 Å². The molecule has 1 fully saturated rings. The molecule has 0 saturated heterocycles. The van der Waals surface area contributed by atoms with Crippen molar-refractivity contribution >= 4 is 0 Å². The van der Waals surface area contributed by atoms with E-state index in [0.29, 0.717) is 12.0 Å². The van der Waals surface area contributed by atoms with Crippen LogP contribution in [0.1, 0.15) is 26.2 Å². The summed E-state index contributed by atoms with van der Waals surface area (Å²) in [7, 11) is 1.97. The van der Waals surface area contributed by atoms with Crippen LogP contribution >= 0.6 is 0 Å². The molecule has 1 rings (SSSR count). The largest absolute Gasteiger partial charge is 0.393 e. The lowest BCUT2D eigenvalue weighted by Gasteiger charge is -2.30. The van der Waals surface area contributed by atoms with Gasteiger partial charge in [-0.2, -0.15) is 0 Å². The van der Waals surface area contributed by atoms with Gasteiger partial charge in [0.05, 0.1) is 6.10 Å². The first-order valence-electron chi connectivity index (χ1n) is 4.09. The maximum absolute atomic E-state index is 9.44. The third-order valence-electron chi connectivity index (χ3n) is 2.56. The van der Waals surface area contributed by atoms with Crippen LogP contribution in [0.15, 0.2) is 0 Å². The van der Waals surface area contributed by atoms with Crippen molar-refractivity contribution in [3.8, 4) is 0 Å². The number of hydrogen-bond donors (Lipinski definition) is 2. The summed E-state index contributed by atoms with van der Waals surface area (Å²) in [6, 6.07) is 0.547. The molecule has 0 spiro atoms. The van der Waals surface area contributed by atoms with Crippen molar-refractivity contribution in [2.75, 3.05) is 7.05 Å². The van der Waals surface area contributed by atoms with Crippen LogP contribution in [0.25, 0.3) is 0 Å². The van der Waals surface area contributed by atoms with E-state index in [-0.39, 0.29) is 6.10 Å². The number of aliphatic hydroxyl groups excluding tert-OH is 1. The fourth-order valence-electron chi connectivity index (χ4n) is 1.56. The molecular formula is C8H17NO. The molecule has 2 nitrogen and oxygen atoms in total. The van der Waals surface area contributed by atoms with Crippen molar-refractivity contribution < 1.29 is 5.11 Å². The van der Waals surface area contributed by atoms with E-state index in [1.54, 1.807) is 0 Å². The standard InChI is InChI=1S/C8H17NO/c1-6-3-4-7(9-2)5-8(6)10/h6-10H,3-5H2,1-2H3/t6-,7-,8-/m1/s1. The minimum Gasteiger partial charge on any atom is -0.393 e. The van der Waals surface area contributed by atoms with Crippen LogP contribution in [0.4, 0.5) is 0 Å². The maximum Gasteiger partial charge on any atom is 0.0580 e. The van der Waals surface area contributed by atoms with Gasteiger partial charge in [-0.3, -0.25) is 0 Å². The molecular weight excluding hydrogens is 126 g/mol. The van der Waals surface area contributed by atoms with Gasteiger partial charge in [0.25, 0.3) is 0 Å². The zero-order valence-corrected chi connectivity index (χ0v) is 6.80. The first-order chi connectivity index (χ1) is 4.74. The van der Waals surface area contributed by atoms with E-state index in [4.69, 9.17) is 0 Å². The van der Waals surface area contributed by atoms with E-state index in [9.17, 15) is 5.11 Å². The highest BCUT2D eigenvalue weighted by Gasteiger charge is 2.24. The fourth-order valence-corrected chi connectivity index (χ4v) is 1.56. The Morgan fingerprint density at radius 3 is 2.60 bits per heavy atom. The van der Waals surface area contributed by atoms with Crippen LogP contribution in [-0.2, 0) is 0 Å². The second kappa shape index (κ2) is 3.35. The lowest BCUT2D eigenvalue weighted by molar-refractivity contribution is 0.0651. The lowest BCUT2D eigenvalue weighted by atomic mass is 9.85. The van der Waals surface area contributed by atoms with Crippen molar-refractivity contribution in [3.05, 3.63) is 0 Å². The highest BCUT2D eigenvalue weighted by Crippen LogP contribution is 2.23. The minimum atomic E-state index is -0.0776. The molecule has 1 saturated carbocycles. The van der Waals surface area contributed by atoms with Gasteiger partial charge in [0.2, 0.25) is 0 Å². The SMILES string of the molecule is CN[C@@H]1CC[C@@H](C)[C@H](O)C1. The molecule has 1 aliphatic carbocycles. The van der Waals surface area contributed by atoms with E-state index in [1.807, 2.05) is 7.05 Å². The number of aliphatic hydroxyl groups is 1. The van der Waals surface area contributed by atoms with Crippen LogP contribution in [0.2, 0.25) is 0 Å². The first-order valence-corrected chi connectivity index (χ1v) is 4.09. The summed E-state index contributed by atoms with van der Waals surface area (Å²) in [6.45, 7) is 2.12. The molecule has 0 amide bonds. The van der Waals surface area contributed by atoms with Gasteiger partial charge in [-0.1, -0.05) is 6.92 Å². The molecule has 0 heterocycles. The van der Waals surface area contributed by atoms with Gasteiger partial charge in [-0.05, 0) is 32.2 Å². The molecule has 2 N–H and O–H groups in total. The third kappa shape index (κ3) is 1.70.